The van der Waals surface area contributed by atoms with E-state index in [1.54, 1.807) is 41.5 Å². The average Bonchev–Trinajstić information content (AvgIpc) is 1.81. The van der Waals surface area contributed by atoms with Crippen LogP contribution in [0, 0.1) is 0 Å². The maximum atomic E-state index is 8.47. The summed E-state index contributed by atoms with van der Waals surface area (Å²) >= 11 is -1.81. The molecule has 0 fully saturated rings. The van der Waals surface area contributed by atoms with Crippen LogP contribution in [0.25, 0.3) is 0 Å². The molecule has 5 nitrogen and oxygen atoms in total. The molecule has 3 N–H and O–H groups in total. The Morgan fingerprint density at radius 3 is 0.733 bits per heavy atom. The molecule has 0 saturated carbocycles. The number of aliphatic hydroxyl groups is 3. The van der Waals surface area contributed by atoms with Gasteiger partial charge in [-0.1, -0.05) is 0 Å². The van der Waals surface area contributed by atoms with Crippen LogP contribution >= 0.6 is 0 Å². The van der Waals surface area contributed by atoms with Crippen molar-refractivity contribution in [1.82, 2.24) is 0 Å². The van der Waals surface area contributed by atoms with Gasteiger partial charge in [0, 0.05) is 18.3 Å². The maximum absolute atomic E-state index is 8.47. The van der Waals surface area contributed by atoms with Crippen LogP contribution in [0.4, 0.5) is 0 Å². The van der Waals surface area contributed by atoms with E-state index in [9.17, 15) is 0 Å². The Kier molecular flexibility index (Phi) is 38.8. The van der Waals surface area contributed by atoms with Crippen molar-refractivity contribution in [3.8, 4) is 0 Å². The summed E-state index contributed by atoms with van der Waals surface area (Å²) in [5.74, 6) is 0. The van der Waals surface area contributed by atoms with Gasteiger partial charge in [0.05, 0.1) is 0 Å². The Morgan fingerprint density at radius 1 is 0.733 bits per heavy atom. The zero-order valence-electron chi connectivity index (χ0n) is 10.3. The van der Waals surface area contributed by atoms with E-state index in [1.165, 1.54) is 0 Å². The van der Waals surface area contributed by atoms with Crippen molar-refractivity contribution in [2.75, 3.05) is 0 Å². The Bertz CT molecular complexity index is 74.0. The molecule has 0 aromatic heterocycles. The van der Waals surface area contributed by atoms with Crippen LogP contribution in [0.5, 0.6) is 0 Å². The zero-order chi connectivity index (χ0) is 13.4. The second-order valence-electron chi connectivity index (χ2n) is 3.36. The van der Waals surface area contributed by atoms with E-state index in [-0.39, 0.29) is 18.3 Å². The van der Waals surface area contributed by atoms with Gasteiger partial charge in [0.1, 0.15) is 0 Å². The van der Waals surface area contributed by atoms with Crippen molar-refractivity contribution >= 4 is 0 Å². The first-order valence-electron chi connectivity index (χ1n) is 4.60. The van der Waals surface area contributed by atoms with E-state index in [2.05, 4.69) is 0 Å². The summed E-state index contributed by atoms with van der Waals surface area (Å²) in [6.45, 7) is 10.3. The number of hydrogen-bond donors (Lipinski definition) is 3. The molecule has 0 aliphatic carbocycles. The van der Waals surface area contributed by atoms with Crippen molar-refractivity contribution in [2.45, 2.75) is 59.9 Å². The molecule has 0 aliphatic rings. The Hall–Kier alpha value is 0.224. The second-order valence-corrected chi connectivity index (χ2v) is 3.59. The molecule has 6 heteroatoms. The van der Waals surface area contributed by atoms with Crippen LogP contribution in [0.3, 0.4) is 0 Å². The van der Waals surface area contributed by atoms with Gasteiger partial charge in [0.15, 0.2) is 0 Å². The molecule has 15 heavy (non-hydrogen) atoms. The van der Waals surface area contributed by atoms with Gasteiger partial charge >= 0.3 is 24.3 Å². The van der Waals surface area contributed by atoms with Crippen molar-refractivity contribution in [3.63, 3.8) is 0 Å². The van der Waals surface area contributed by atoms with Crippen LogP contribution < -0.4 is 0 Å². The van der Waals surface area contributed by atoms with E-state index in [1.807, 2.05) is 0 Å². The molecule has 0 bridgehead atoms. The number of hydrogen-bond acceptors (Lipinski definition) is 4. The van der Waals surface area contributed by atoms with Crippen LogP contribution in [-0.4, -0.2) is 33.6 Å². The van der Waals surface area contributed by atoms with Crippen molar-refractivity contribution in [1.29, 1.82) is 0 Å². The Labute approximate surface area is 99.8 Å². The van der Waals surface area contributed by atoms with Gasteiger partial charge < -0.3 is 15.3 Å². The molecule has 0 aromatic rings. The summed E-state index contributed by atoms with van der Waals surface area (Å²) in [5.41, 5.74) is 0. The molecule has 0 amide bonds. The fourth-order valence-electron chi connectivity index (χ4n) is 0. The third kappa shape index (κ3) is 42200. The number of aliphatic hydroxyl groups excluding tert-OH is 3. The molecule has 1 radical (unpaired) electrons. The third-order valence-corrected chi connectivity index (χ3v) is 0. The first kappa shape index (κ1) is 24.5. The topological polar surface area (TPSA) is 97.7 Å². The monoisotopic (exact) mass is 263 g/mol. The predicted octanol–water partition coefficient (Wildman–Crippen LogP) is 0.921. The van der Waals surface area contributed by atoms with Crippen molar-refractivity contribution in [3.05, 3.63) is 0 Å². The average molecular weight is 263 g/mol. The minimum atomic E-state index is -1.81. The molecule has 0 heterocycles. The SMILES string of the molecule is CC(C)O.CC(C)O.CC(C)O.[O][V]=[O]. The summed E-state index contributed by atoms with van der Waals surface area (Å²) in [6, 6.07) is 0. The third-order valence-electron chi connectivity index (χ3n) is 0. The first-order chi connectivity index (χ1) is 6.61. The summed E-state index contributed by atoms with van der Waals surface area (Å²) in [7, 11) is 0. The minimum absolute atomic E-state index is 0.167. The van der Waals surface area contributed by atoms with Gasteiger partial charge in [-0.05, 0) is 41.5 Å². The van der Waals surface area contributed by atoms with Crippen LogP contribution in [0.1, 0.15) is 41.5 Å². The fraction of sp³-hybridized carbons (Fsp3) is 1.00. The predicted molar refractivity (Wildman–Crippen MR) is 53.4 cm³/mol. The second kappa shape index (κ2) is 23.8. The van der Waals surface area contributed by atoms with Crippen LogP contribution in [0.15, 0.2) is 0 Å². The summed E-state index contributed by atoms with van der Waals surface area (Å²) in [5, 5.41) is 24.2. The molecule has 0 aromatic carbocycles. The van der Waals surface area contributed by atoms with E-state index in [4.69, 9.17) is 23.0 Å². The molecule has 0 unspecified atom stereocenters. The summed E-state index contributed by atoms with van der Waals surface area (Å²) in [4.78, 5) is 0. The Balaban J connectivity index is -0.0000000542. The molecule has 0 saturated heterocycles. The van der Waals surface area contributed by atoms with E-state index in [0.717, 1.165) is 0 Å². The quantitative estimate of drug-likeness (QED) is 0.605. The van der Waals surface area contributed by atoms with Gasteiger partial charge in [0.25, 0.3) is 0 Å². The van der Waals surface area contributed by atoms with Gasteiger partial charge in [-0.3, -0.25) is 0 Å². The molecule has 0 aliphatic heterocycles. The molecular weight excluding hydrogens is 239 g/mol. The van der Waals surface area contributed by atoms with Gasteiger partial charge in [0.2, 0.25) is 0 Å². The van der Waals surface area contributed by atoms with Gasteiger partial charge in [-0.2, -0.15) is 0 Å². The van der Waals surface area contributed by atoms with Gasteiger partial charge in [-0.25, -0.2) is 0 Å². The Morgan fingerprint density at radius 2 is 0.733 bits per heavy atom. The molecule has 0 spiro atoms. The van der Waals surface area contributed by atoms with Crippen molar-refractivity contribution < 1.29 is 39.6 Å². The van der Waals surface area contributed by atoms with E-state index < -0.39 is 16.6 Å². The number of rotatable bonds is 0. The standard InChI is InChI=1S/3C3H8O.2O.V/c3*1-3(2)4;;;/h3*3-4H,1-2H3;;;. The first-order valence-corrected chi connectivity index (χ1v) is 5.74. The van der Waals surface area contributed by atoms with E-state index in [0.29, 0.717) is 0 Å². The molecule has 95 valence electrons. The molecular formula is C9H24O5V. The van der Waals surface area contributed by atoms with Crippen molar-refractivity contribution in [2.24, 2.45) is 0 Å². The fourth-order valence-corrected chi connectivity index (χ4v) is 0. The van der Waals surface area contributed by atoms with Crippen LogP contribution in [0.2, 0.25) is 0 Å². The zero-order valence-corrected chi connectivity index (χ0v) is 11.7. The van der Waals surface area contributed by atoms with E-state index >= 15 is 0 Å². The normalized spacial score (nSPS) is 8.07. The summed E-state index contributed by atoms with van der Waals surface area (Å²) in [6.07, 6.45) is -0.500. The molecule has 0 atom stereocenters. The molecule has 0 rings (SSSR count). The van der Waals surface area contributed by atoms with Gasteiger partial charge in [-0.15, -0.1) is 0 Å². The van der Waals surface area contributed by atoms with Crippen LogP contribution in [-0.2, 0) is 24.3 Å². The summed E-state index contributed by atoms with van der Waals surface area (Å²) < 4.78 is 16.9.